The van der Waals surface area contributed by atoms with Crippen LogP contribution in [0.4, 0.5) is 0 Å². The Morgan fingerprint density at radius 3 is 1.97 bits per heavy atom. The van der Waals surface area contributed by atoms with Crippen molar-refractivity contribution in [2.24, 2.45) is 0 Å². The Morgan fingerprint density at radius 2 is 1.44 bits per heavy atom. The van der Waals surface area contributed by atoms with Crippen molar-refractivity contribution in [1.29, 1.82) is 0 Å². The van der Waals surface area contributed by atoms with Crippen molar-refractivity contribution in [2.45, 2.75) is 147 Å². The van der Waals surface area contributed by atoms with Crippen molar-refractivity contribution in [3.8, 4) is 0 Å². The van der Waals surface area contributed by atoms with E-state index in [0.29, 0.717) is 6.42 Å². The second-order valence-corrected chi connectivity index (χ2v) is 9.77. The molecule has 32 heavy (non-hydrogen) atoms. The van der Waals surface area contributed by atoms with E-state index in [4.69, 9.17) is 18.9 Å². The summed E-state index contributed by atoms with van der Waals surface area (Å²) in [7, 11) is 0. The second-order valence-electron chi connectivity index (χ2n) is 9.77. The van der Waals surface area contributed by atoms with Gasteiger partial charge in [0.05, 0.1) is 6.61 Å². The van der Waals surface area contributed by atoms with Crippen LogP contribution in [-0.4, -0.2) is 59.3 Å². The van der Waals surface area contributed by atoms with Crippen molar-refractivity contribution in [1.82, 2.24) is 0 Å². The van der Waals surface area contributed by atoms with Crippen LogP contribution in [0.25, 0.3) is 0 Å². The molecule has 0 amide bonds. The van der Waals surface area contributed by atoms with Crippen LogP contribution in [0.3, 0.4) is 0 Å². The summed E-state index contributed by atoms with van der Waals surface area (Å²) in [6, 6.07) is 0. The number of hydrogen-bond donors (Lipinski definition) is 2. The van der Waals surface area contributed by atoms with Crippen molar-refractivity contribution in [3.63, 3.8) is 0 Å². The van der Waals surface area contributed by atoms with Gasteiger partial charge in [0.15, 0.2) is 24.3 Å². The molecule has 0 spiro atoms. The highest BCUT2D eigenvalue weighted by Crippen LogP contribution is 2.39. The summed E-state index contributed by atoms with van der Waals surface area (Å²) in [5.41, 5.74) is 0. The molecule has 2 heterocycles. The summed E-state index contributed by atoms with van der Waals surface area (Å²) in [5.74, 6) is -1.17. The van der Waals surface area contributed by atoms with Crippen LogP contribution in [0, 0.1) is 0 Å². The molecule has 2 aliphatic rings. The summed E-state index contributed by atoms with van der Waals surface area (Å²) in [6.07, 6.45) is 12.5. The van der Waals surface area contributed by atoms with Gasteiger partial charge in [0, 0.05) is 6.42 Å². The molecule has 7 heteroatoms. The first-order chi connectivity index (χ1) is 15.4. The van der Waals surface area contributed by atoms with E-state index in [9.17, 15) is 15.0 Å². The molecule has 5 atom stereocenters. The molecule has 0 bridgehead atoms. The SMILES string of the molecule is CCCCCCCCCCCCCCCC(=O)O[C@@H]1[C@H]2OC(C)(C)O[C@H]2O[C@@H]1[C@H](O)CO. The van der Waals surface area contributed by atoms with Crippen LogP contribution in [0.5, 0.6) is 0 Å². The minimum Gasteiger partial charge on any atom is -0.456 e. The predicted molar refractivity (Wildman–Crippen MR) is 122 cm³/mol. The fourth-order valence-electron chi connectivity index (χ4n) is 4.55. The van der Waals surface area contributed by atoms with E-state index in [-0.39, 0.29) is 5.97 Å². The largest absolute Gasteiger partial charge is 0.456 e. The molecule has 0 aromatic rings. The molecule has 2 saturated heterocycles. The Balaban J connectivity index is 1.55. The van der Waals surface area contributed by atoms with Gasteiger partial charge in [-0.25, -0.2) is 0 Å². The molecule has 0 saturated carbocycles. The van der Waals surface area contributed by atoms with Crippen molar-refractivity contribution < 1.29 is 34.0 Å². The highest BCUT2D eigenvalue weighted by Gasteiger charge is 2.58. The average Bonchev–Trinajstić information content (AvgIpc) is 3.23. The van der Waals surface area contributed by atoms with Gasteiger partial charge in [0.2, 0.25) is 0 Å². The topological polar surface area (TPSA) is 94.5 Å². The van der Waals surface area contributed by atoms with Gasteiger partial charge >= 0.3 is 5.97 Å². The number of hydrogen-bond acceptors (Lipinski definition) is 7. The van der Waals surface area contributed by atoms with Gasteiger partial charge in [-0.15, -0.1) is 0 Å². The first-order valence-corrected chi connectivity index (χ1v) is 12.9. The summed E-state index contributed by atoms with van der Waals surface area (Å²) < 4.78 is 22.8. The summed E-state index contributed by atoms with van der Waals surface area (Å²) in [4.78, 5) is 12.4. The second kappa shape index (κ2) is 14.5. The lowest BCUT2D eigenvalue weighted by molar-refractivity contribution is -0.231. The van der Waals surface area contributed by atoms with Crippen molar-refractivity contribution in [2.75, 3.05) is 6.61 Å². The maximum absolute atomic E-state index is 12.4. The van der Waals surface area contributed by atoms with E-state index < -0.39 is 43.1 Å². The van der Waals surface area contributed by atoms with Crippen LogP contribution in [0.1, 0.15) is 111 Å². The third kappa shape index (κ3) is 9.26. The summed E-state index contributed by atoms with van der Waals surface area (Å²) >= 11 is 0. The number of carbonyl (C=O) groups is 1. The quantitative estimate of drug-likeness (QED) is 0.243. The first kappa shape index (κ1) is 27.5. The minimum atomic E-state index is -1.16. The zero-order valence-electron chi connectivity index (χ0n) is 20.4. The monoisotopic (exact) mass is 458 g/mol. The molecule has 7 nitrogen and oxygen atoms in total. The fraction of sp³-hybridized carbons (Fsp3) is 0.960. The Kier molecular flexibility index (Phi) is 12.5. The lowest BCUT2D eigenvalue weighted by atomic mass is 10.0. The molecule has 0 aromatic heterocycles. The number of fused-ring (bicyclic) bond motifs is 1. The number of rotatable bonds is 17. The molecule has 2 rings (SSSR count). The molecule has 2 fully saturated rings. The first-order valence-electron chi connectivity index (χ1n) is 12.9. The molecule has 0 aromatic carbocycles. The van der Waals surface area contributed by atoms with E-state index in [1.165, 1.54) is 64.2 Å². The van der Waals surface area contributed by atoms with Crippen molar-refractivity contribution >= 4 is 5.97 Å². The Hall–Kier alpha value is -0.730. The number of carbonyl (C=O) groups excluding carboxylic acids is 1. The van der Waals surface area contributed by atoms with Crippen LogP contribution >= 0.6 is 0 Å². The predicted octanol–water partition coefficient (Wildman–Crippen LogP) is 4.61. The number of unbranched alkanes of at least 4 members (excludes halogenated alkanes) is 12. The van der Waals surface area contributed by atoms with Gasteiger partial charge in [-0.1, -0.05) is 84.0 Å². The van der Waals surface area contributed by atoms with E-state index in [0.717, 1.165) is 19.3 Å². The van der Waals surface area contributed by atoms with Gasteiger partial charge in [-0.3, -0.25) is 4.79 Å². The fourth-order valence-corrected chi connectivity index (χ4v) is 4.55. The molecule has 0 radical (unpaired) electrons. The maximum atomic E-state index is 12.4. The standard InChI is InChI=1S/C25H46O7/c1-4-5-6-7-8-9-10-11-12-13-14-15-16-17-20(28)29-22-21(19(27)18-26)30-24-23(22)31-25(2,3)32-24/h19,21-24,26-27H,4-18H2,1-3H3/t19-,21-,22+,23-,24-/m1/s1. The average molecular weight is 459 g/mol. The third-order valence-corrected chi connectivity index (χ3v) is 6.35. The molecule has 0 unspecified atom stereocenters. The van der Waals surface area contributed by atoms with Gasteiger partial charge in [0.1, 0.15) is 12.2 Å². The third-order valence-electron chi connectivity index (χ3n) is 6.35. The summed E-state index contributed by atoms with van der Waals surface area (Å²) in [6.45, 7) is 5.29. The highest BCUT2D eigenvalue weighted by atomic mass is 16.8. The van der Waals surface area contributed by atoms with Crippen molar-refractivity contribution in [3.05, 3.63) is 0 Å². The minimum absolute atomic E-state index is 0.328. The number of esters is 1. The van der Waals surface area contributed by atoms with Gasteiger partial charge in [-0.05, 0) is 20.3 Å². The number of ether oxygens (including phenoxy) is 4. The van der Waals surface area contributed by atoms with Crippen LogP contribution in [0.15, 0.2) is 0 Å². The Morgan fingerprint density at radius 1 is 0.906 bits per heavy atom. The number of aliphatic hydroxyl groups excluding tert-OH is 2. The van der Waals surface area contributed by atoms with Gasteiger partial charge < -0.3 is 29.2 Å². The molecular formula is C25H46O7. The zero-order chi connectivity index (χ0) is 23.4. The molecule has 188 valence electrons. The lowest BCUT2D eigenvalue weighted by Gasteiger charge is -2.27. The zero-order valence-corrected chi connectivity index (χ0v) is 20.4. The number of aliphatic hydroxyl groups is 2. The van der Waals surface area contributed by atoms with E-state index >= 15 is 0 Å². The molecule has 0 aliphatic carbocycles. The Labute approximate surface area is 194 Å². The normalized spacial score (nSPS) is 27.4. The highest BCUT2D eigenvalue weighted by molar-refractivity contribution is 5.69. The van der Waals surface area contributed by atoms with E-state index in [1.807, 2.05) is 0 Å². The lowest BCUT2D eigenvalue weighted by Crippen LogP contribution is -2.45. The van der Waals surface area contributed by atoms with Crippen LogP contribution in [0.2, 0.25) is 0 Å². The van der Waals surface area contributed by atoms with Crippen LogP contribution < -0.4 is 0 Å². The maximum Gasteiger partial charge on any atom is 0.306 e. The van der Waals surface area contributed by atoms with Gasteiger partial charge in [-0.2, -0.15) is 0 Å². The van der Waals surface area contributed by atoms with E-state index in [2.05, 4.69) is 6.92 Å². The molecule has 2 aliphatic heterocycles. The smallest absolute Gasteiger partial charge is 0.306 e. The van der Waals surface area contributed by atoms with E-state index in [1.54, 1.807) is 13.8 Å². The van der Waals surface area contributed by atoms with Gasteiger partial charge in [0.25, 0.3) is 0 Å². The summed E-state index contributed by atoms with van der Waals surface area (Å²) in [5, 5.41) is 19.3. The molecule has 2 N–H and O–H groups in total. The Bertz CT molecular complexity index is 524. The molecular weight excluding hydrogens is 412 g/mol. The van der Waals surface area contributed by atoms with Crippen LogP contribution in [-0.2, 0) is 23.7 Å².